The largest absolute Gasteiger partial charge is 0.399 e. The Hall–Kier alpha value is -1.02. The van der Waals surface area contributed by atoms with Crippen LogP contribution >= 0.6 is 0 Å². The lowest BCUT2D eigenvalue weighted by Gasteiger charge is -2.32. The average Bonchev–Trinajstić information content (AvgIpc) is 2.37. The van der Waals surface area contributed by atoms with Crippen LogP contribution < -0.4 is 5.73 Å². The molecule has 0 bridgehead atoms. The molecule has 1 unspecified atom stereocenters. The van der Waals surface area contributed by atoms with Gasteiger partial charge in [0.05, 0.1) is 0 Å². The van der Waals surface area contributed by atoms with Crippen molar-refractivity contribution in [2.45, 2.75) is 32.6 Å². The highest BCUT2D eigenvalue weighted by Gasteiger charge is 2.17. The van der Waals surface area contributed by atoms with Gasteiger partial charge < -0.3 is 10.6 Å². The van der Waals surface area contributed by atoms with Gasteiger partial charge >= 0.3 is 0 Å². The summed E-state index contributed by atoms with van der Waals surface area (Å²) in [4.78, 5) is 2.61. The van der Waals surface area contributed by atoms with Gasteiger partial charge in [0.15, 0.2) is 0 Å². The predicted molar refractivity (Wildman–Crippen MR) is 74.0 cm³/mol. The summed E-state index contributed by atoms with van der Waals surface area (Å²) in [5.41, 5.74) is 8.04. The molecule has 17 heavy (non-hydrogen) atoms. The fourth-order valence-corrected chi connectivity index (χ4v) is 2.72. The van der Waals surface area contributed by atoms with Gasteiger partial charge in [-0.1, -0.05) is 25.5 Å². The predicted octanol–water partition coefficient (Wildman–Crippen LogP) is 2.93. The Morgan fingerprint density at radius 2 is 2.29 bits per heavy atom. The first-order valence-corrected chi connectivity index (χ1v) is 6.84. The van der Waals surface area contributed by atoms with Crippen LogP contribution in [0.25, 0.3) is 0 Å². The molecule has 0 saturated carbocycles. The van der Waals surface area contributed by atoms with Crippen LogP contribution in [0.4, 0.5) is 5.69 Å². The smallest absolute Gasteiger partial charge is 0.0316 e. The van der Waals surface area contributed by atoms with Gasteiger partial charge in [0.1, 0.15) is 0 Å². The van der Waals surface area contributed by atoms with Crippen LogP contribution in [0.2, 0.25) is 0 Å². The van der Waals surface area contributed by atoms with Crippen molar-refractivity contribution in [2.24, 2.45) is 5.92 Å². The van der Waals surface area contributed by atoms with E-state index in [1.807, 2.05) is 6.07 Å². The Balaban J connectivity index is 1.81. The molecular formula is C15H24N2. The zero-order valence-corrected chi connectivity index (χ0v) is 10.9. The fourth-order valence-electron chi connectivity index (χ4n) is 2.72. The van der Waals surface area contributed by atoms with Gasteiger partial charge in [-0.15, -0.1) is 0 Å². The molecule has 2 nitrogen and oxygen atoms in total. The van der Waals surface area contributed by atoms with Crippen molar-refractivity contribution in [2.75, 3.05) is 25.4 Å². The van der Waals surface area contributed by atoms with E-state index in [1.165, 1.54) is 44.5 Å². The number of piperidine rings is 1. The van der Waals surface area contributed by atoms with Crippen molar-refractivity contribution in [3.8, 4) is 0 Å². The number of hydrogen-bond acceptors (Lipinski definition) is 2. The van der Waals surface area contributed by atoms with Gasteiger partial charge in [0.25, 0.3) is 0 Å². The number of nitrogen functional groups attached to an aromatic ring is 1. The first-order valence-electron chi connectivity index (χ1n) is 6.84. The van der Waals surface area contributed by atoms with Crippen LogP contribution in [0.1, 0.15) is 31.7 Å². The van der Waals surface area contributed by atoms with Crippen molar-refractivity contribution in [3.05, 3.63) is 29.8 Å². The lowest BCUT2D eigenvalue weighted by Crippen LogP contribution is -2.36. The lowest BCUT2D eigenvalue weighted by molar-refractivity contribution is 0.173. The van der Waals surface area contributed by atoms with Crippen LogP contribution in [0.15, 0.2) is 24.3 Å². The number of anilines is 1. The second-order valence-electron chi connectivity index (χ2n) is 5.21. The van der Waals surface area contributed by atoms with Crippen molar-refractivity contribution in [3.63, 3.8) is 0 Å². The molecule has 0 aliphatic carbocycles. The van der Waals surface area contributed by atoms with Gasteiger partial charge in [-0.05, 0) is 49.4 Å². The molecule has 2 N–H and O–H groups in total. The highest BCUT2D eigenvalue weighted by Crippen LogP contribution is 2.19. The van der Waals surface area contributed by atoms with Crippen LogP contribution in [0, 0.1) is 5.92 Å². The summed E-state index contributed by atoms with van der Waals surface area (Å²) in [5, 5.41) is 0. The summed E-state index contributed by atoms with van der Waals surface area (Å²) in [7, 11) is 0. The van der Waals surface area contributed by atoms with Gasteiger partial charge in [0, 0.05) is 18.8 Å². The third-order valence-electron chi connectivity index (χ3n) is 3.85. The Labute approximate surface area is 105 Å². The Bertz CT molecular complexity index is 349. The highest BCUT2D eigenvalue weighted by molar-refractivity contribution is 5.40. The number of hydrogen-bond donors (Lipinski definition) is 1. The second-order valence-corrected chi connectivity index (χ2v) is 5.21. The minimum Gasteiger partial charge on any atom is -0.399 e. The topological polar surface area (TPSA) is 29.3 Å². The lowest BCUT2D eigenvalue weighted by atomic mass is 9.95. The van der Waals surface area contributed by atoms with E-state index in [9.17, 15) is 0 Å². The van der Waals surface area contributed by atoms with E-state index in [0.717, 1.165) is 18.0 Å². The van der Waals surface area contributed by atoms with Gasteiger partial charge in [-0.3, -0.25) is 0 Å². The number of likely N-dealkylation sites (tertiary alicyclic amines) is 1. The van der Waals surface area contributed by atoms with Crippen LogP contribution in [0.3, 0.4) is 0 Å². The number of nitrogens with two attached hydrogens (primary N) is 1. The van der Waals surface area contributed by atoms with E-state index in [2.05, 4.69) is 30.0 Å². The molecule has 1 aromatic carbocycles. The molecule has 1 aromatic rings. The molecule has 2 rings (SSSR count). The molecular weight excluding hydrogens is 208 g/mol. The summed E-state index contributed by atoms with van der Waals surface area (Å²) in [6, 6.07) is 8.28. The summed E-state index contributed by atoms with van der Waals surface area (Å²) in [6.07, 6.45) is 5.25. The third-order valence-corrected chi connectivity index (χ3v) is 3.85. The first kappa shape index (κ1) is 12.4. The molecule has 1 fully saturated rings. The molecule has 0 spiro atoms. The second kappa shape index (κ2) is 6.06. The maximum Gasteiger partial charge on any atom is 0.0316 e. The minimum atomic E-state index is 0.882. The van der Waals surface area contributed by atoms with Gasteiger partial charge in [0.2, 0.25) is 0 Å². The number of benzene rings is 1. The maximum absolute atomic E-state index is 5.80. The molecule has 1 saturated heterocycles. The maximum atomic E-state index is 5.80. The standard InChI is InChI=1S/C15H24N2/c1-2-13-6-4-9-17(12-13)10-8-14-5-3-7-15(16)11-14/h3,5,7,11,13H,2,4,6,8-10,12,16H2,1H3. The summed E-state index contributed by atoms with van der Waals surface area (Å²) < 4.78 is 0. The molecule has 1 heterocycles. The zero-order valence-electron chi connectivity index (χ0n) is 10.9. The van der Waals surface area contributed by atoms with E-state index in [4.69, 9.17) is 5.73 Å². The van der Waals surface area contributed by atoms with E-state index in [-0.39, 0.29) is 0 Å². The Morgan fingerprint density at radius 3 is 3.06 bits per heavy atom. The van der Waals surface area contributed by atoms with Crippen LogP contribution in [0.5, 0.6) is 0 Å². The van der Waals surface area contributed by atoms with Crippen molar-refractivity contribution < 1.29 is 0 Å². The van der Waals surface area contributed by atoms with E-state index in [0.29, 0.717) is 0 Å². The SMILES string of the molecule is CCC1CCCN(CCc2cccc(N)c2)C1. The average molecular weight is 232 g/mol. The van der Waals surface area contributed by atoms with Crippen molar-refractivity contribution in [1.29, 1.82) is 0 Å². The molecule has 0 aromatic heterocycles. The van der Waals surface area contributed by atoms with E-state index < -0.39 is 0 Å². The summed E-state index contributed by atoms with van der Waals surface area (Å²) in [5.74, 6) is 0.921. The van der Waals surface area contributed by atoms with Crippen LogP contribution in [-0.4, -0.2) is 24.5 Å². The molecule has 0 radical (unpaired) electrons. The van der Waals surface area contributed by atoms with Gasteiger partial charge in [-0.2, -0.15) is 0 Å². The molecule has 0 amide bonds. The molecule has 1 aliphatic heterocycles. The quantitative estimate of drug-likeness (QED) is 0.809. The monoisotopic (exact) mass is 232 g/mol. The summed E-state index contributed by atoms with van der Waals surface area (Å²) >= 11 is 0. The number of rotatable bonds is 4. The third kappa shape index (κ3) is 3.74. The molecule has 1 aliphatic rings. The van der Waals surface area contributed by atoms with Crippen molar-refractivity contribution in [1.82, 2.24) is 4.90 Å². The number of nitrogens with zero attached hydrogens (tertiary/aromatic N) is 1. The Kier molecular flexibility index (Phi) is 4.43. The molecule has 94 valence electrons. The highest BCUT2D eigenvalue weighted by atomic mass is 15.1. The minimum absolute atomic E-state index is 0.882. The first-order chi connectivity index (χ1) is 8.28. The zero-order chi connectivity index (χ0) is 12.1. The fraction of sp³-hybridized carbons (Fsp3) is 0.600. The van der Waals surface area contributed by atoms with Crippen LogP contribution in [-0.2, 0) is 6.42 Å². The normalized spacial score (nSPS) is 21.6. The summed E-state index contributed by atoms with van der Waals surface area (Å²) in [6.45, 7) is 6.06. The molecule has 2 heteroatoms. The van der Waals surface area contributed by atoms with E-state index >= 15 is 0 Å². The molecule has 1 atom stereocenters. The Morgan fingerprint density at radius 1 is 1.41 bits per heavy atom. The van der Waals surface area contributed by atoms with Gasteiger partial charge in [-0.25, -0.2) is 0 Å². The van der Waals surface area contributed by atoms with E-state index in [1.54, 1.807) is 0 Å². The van der Waals surface area contributed by atoms with Crippen molar-refractivity contribution >= 4 is 5.69 Å².